The van der Waals surface area contributed by atoms with Crippen molar-refractivity contribution in [3.63, 3.8) is 0 Å². The van der Waals surface area contributed by atoms with Crippen molar-refractivity contribution in [3.05, 3.63) is 35.9 Å². The highest BCUT2D eigenvalue weighted by Crippen LogP contribution is 2.40. The Bertz CT molecular complexity index is 666. The predicted octanol–water partition coefficient (Wildman–Crippen LogP) is 1.96. The molecule has 0 N–H and O–H groups in total. The van der Waals surface area contributed by atoms with Crippen molar-refractivity contribution in [1.29, 1.82) is 0 Å². The number of nitrogens with zero attached hydrogens (tertiary/aromatic N) is 3. The van der Waals surface area contributed by atoms with Gasteiger partial charge in [0.2, 0.25) is 0 Å². The summed E-state index contributed by atoms with van der Waals surface area (Å²) in [5, 5.41) is 3.81. The minimum Gasteiger partial charge on any atom is -0.472 e. The van der Waals surface area contributed by atoms with Crippen LogP contribution < -0.4 is 0 Å². The molecule has 7 nitrogen and oxygen atoms in total. The molecular weight excluding hydrogens is 286 g/mol. The van der Waals surface area contributed by atoms with E-state index in [0.717, 1.165) is 19.4 Å². The van der Waals surface area contributed by atoms with E-state index in [1.54, 1.807) is 13.0 Å². The monoisotopic (exact) mass is 303 g/mol. The number of ether oxygens (including phenoxy) is 1. The SMILES string of the molecule is Cc1noc([C@H]2C[C@@H]3CCN(C(=O)c4ccoc4)C[C@H]3O2)n1. The number of furan rings is 1. The van der Waals surface area contributed by atoms with Crippen LogP contribution in [0.3, 0.4) is 0 Å². The van der Waals surface area contributed by atoms with E-state index in [1.807, 2.05) is 4.90 Å². The molecule has 2 saturated heterocycles. The number of likely N-dealkylation sites (tertiary alicyclic amines) is 1. The lowest BCUT2D eigenvalue weighted by Gasteiger charge is -2.33. The summed E-state index contributed by atoms with van der Waals surface area (Å²) in [6, 6.07) is 1.69. The number of carbonyl (C=O) groups excluding carboxylic acids is 1. The van der Waals surface area contributed by atoms with E-state index < -0.39 is 0 Å². The molecule has 2 aromatic heterocycles. The lowest BCUT2D eigenvalue weighted by atomic mass is 9.91. The molecule has 0 unspecified atom stereocenters. The molecule has 2 aliphatic rings. The zero-order valence-electron chi connectivity index (χ0n) is 12.3. The Morgan fingerprint density at radius 2 is 2.36 bits per heavy atom. The lowest BCUT2D eigenvalue weighted by Crippen LogP contribution is -2.45. The summed E-state index contributed by atoms with van der Waals surface area (Å²) in [4.78, 5) is 18.5. The third kappa shape index (κ3) is 2.31. The van der Waals surface area contributed by atoms with Crippen molar-refractivity contribution in [2.45, 2.75) is 32.0 Å². The molecule has 2 fully saturated rings. The molecule has 2 aliphatic heterocycles. The minimum absolute atomic E-state index is 0.00659. The van der Waals surface area contributed by atoms with Gasteiger partial charge >= 0.3 is 0 Å². The first-order valence-corrected chi connectivity index (χ1v) is 7.48. The van der Waals surface area contributed by atoms with E-state index in [0.29, 0.717) is 29.7 Å². The van der Waals surface area contributed by atoms with E-state index in [1.165, 1.54) is 12.5 Å². The van der Waals surface area contributed by atoms with E-state index in [2.05, 4.69) is 10.1 Å². The zero-order valence-corrected chi connectivity index (χ0v) is 12.3. The van der Waals surface area contributed by atoms with Crippen molar-refractivity contribution in [3.8, 4) is 0 Å². The normalized spacial score (nSPS) is 27.9. The number of aromatic nitrogens is 2. The predicted molar refractivity (Wildman–Crippen MR) is 74.0 cm³/mol. The first kappa shape index (κ1) is 13.5. The number of piperidine rings is 1. The molecule has 0 bridgehead atoms. The molecule has 2 aromatic rings. The summed E-state index contributed by atoms with van der Waals surface area (Å²) in [5.74, 6) is 1.59. The molecule has 0 radical (unpaired) electrons. The summed E-state index contributed by atoms with van der Waals surface area (Å²) in [7, 11) is 0. The number of hydrogen-bond donors (Lipinski definition) is 0. The maximum atomic E-state index is 12.4. The van der Waals surface area contributed by atoms with Crippen molar-refractivity contribution >= 4 is 5.91 Å². The Kier molecular flexibility index (Phi) is 3.22. The van der Waals surface area contributed by atoms with Crippen molar-refractivity contribution in [1.82, 2.24) is 15.0 Å². The molecule has 3 atom stereocenters. The van der Waals surface area contributed by atoms with Crippen LogP contribution in [0.15, 0.2) is 27.5 Å². The molecule has 4 heterocycles. The largest absolute Gasteiger partial charge is 0.472 e. The van der Waals surface area contributed by atoms with Gasteiger partial charge in [0.25, 0.3) is 11.8 Å². The van der Waals surface area contributed by atoms with Crippen LogP contribution in [0.2, 0.25) is 0 Å². The molecule has 7 heteroatoms. The maximum absolute atomic E-state index is 12.4. The van der Waals surface area contributed by atoms with Crippen molar-refractivity contribution in [2.24, 2.45) is 5.92 Å². The Morgan fingerprint density at radius 3 is 3.09 bits per heavy atom. The molecule has 22 heavy (non-hydrogen) atoms. The summed E-state index contributed by atoms with van der Waals surface area (Å²) in [5.41, 5.74) is 0.584. The number of carbonyl (C=O) groups is 1. The molecule has 0 saturated carbocycles. The standard InChI is InChI=1S/C15H17N3O4/c1-9-16-14(22-17-9)12-6-10-2-4-18(7-13(10)21-12)15(19)11-3-5-20-8-11/h3,5,8,10,12-13H,2,4,6-7H2,1H3/t10-,12+,13+/m0/s1. The average molecular weight is 303 g/mol. The van der Waals surface area contributed by atoms with E-state index in [9.17, 15) is 4.79 Å². The third-order valence-electron chi connectivity index (χ3n) is 4.43. The fraction of sp³-hybridized carbons (Fsp3) is 0.533. The van der Waals surface area contributed by atoms with Gasteiger partial charge in [0.1, 0.15) is 12.4 Å². The van der Waals surface area contributed by atoms with Crippen molar-refractivity contribution < 1.29 is 18.5 Å². The molecule has 0 aliphatic carbocycles. The average Bonchev–Trinajstić information content (AvgIpc) is 3.25. The summed E-state index contributed by atoms with van der Waals surface area (Å²) in [6.07, 6.45) is 4.67. The molecule has 4 rings (SSSR count). The summed E-state index contributed by atoms with van der Waals surface area (Å²) in [6.45, 7) is 3.13. The van der Waals surface area contributed by atoms with Gasteiger partial charge in [-0.3, -0.25) is 4.79 Å². The summed E-state index contributed by atoms with van der Waals surface area (Å²) < 4.78 is 16.2. The fourth-order valence-corrected chi connectivity index (χ4v) is 3.29. The van der Waals surface area contributed by atoms with Gasteiger partial charge in [0.15, 0.2) is 5.82 Å². The number of hydrogen-bond acceptors (Lipinski definition) is 6. The van der Waals surface area contributed by atoms with Gasteiger partial charge in [0.05, 0.1) is 17.9 Å². The van der Waals surface area contributed by atoms with Crippen LogP contribution >= 0.6 is 0 Å². The zero-order chi connectivity index (χ0) is 15.1. The number of amides is 1. The van der Waals surface area contributed by atoms with E-state index in [-0.39, 0.29) is 18.1 Å². The highest BCUT2D eigenvalue weighted by Gasteiger charge is 2.42. The van der Waals surface area contributed by atoms with Crippen LogP contribution in [-0.4, -0.2) is 40.1 Å². The fourth-order valence-electron chi connectivity index (χ4n) is 3.29. The highest BCUT2D eigenvalue weighted by molar-refractivity contribution is 5.93. The number of fused-ring (bicyclic) bond motifs is 1. The van der Waals surface area contributed by atoms with Gasteiger partial charge in [-0.15, -0.1) is 0 Å². The second-order valence-electron chi connectivity index (χ2n) is 5.89. The van der Waals surface area contributed by atoms with Gasteiger partial charge < -0.3 is 18.6 Å². The van der Waals surface area contributed by atoms with Crippen LogP contribution in [0.5, 0.6) is 0 Å². The van der Waals surface area contributed by atoms with Crippen LogP contribution in [0.4, 0.5) is 0 Å². The number of rotatable bonds is 2. The second-order valence-corrected chi connectivity index (χ2v) is 5.89. The quantitative estimate of drug-likeness (QED) is 0.843. The molecule has 0 spiro atoms. The van der Waals surface area contributed by atoms with Crippen LogP contribution in [0, 0.1) is 12.8 Å². The summed E-state index contributed by atoms with van der Waals surface area (Å²) >= 11 is 0. The molecule has 116 valence electrons. The minimum atomic E-state index is -0.153. The van der Waals surface area contributed by atoms with E-state index in [4.69, 9.17) is 13.7 Å². The molecule has 1 amide bonds. The Balaban J connectivity index is 1.44. The van der Waals surface area contributed by atoms with Crippen LogP contribution in [-0.2, 0) is 4.74 Å². The smallest absolute Gasteiger partial charge is 0.257 e. The van der Waals surface area contributed by atoms with Gasteiger partial charge in [0, 0.05) is 13.1 Å². The van der Waals surface area contributed by atoms with Crippen molar-refractivity contribution in [2.75, 3.05) is 13.1 Å². The van der Waals surface area contributed by atoms with Gasteiger partial charge in [-0.05, 0) is 31.7 Å². The second kappa shape index (κ2) is 5.24. The van der Waals surface area contributed by atoms with Crippen LogP contribution in [0.1, 0.15) is 41.0 Å². The number of aryl methyl sites for hydroxylation is 1. The molecule has 0 aromatic carbocycles. The highest BCUT2D eigenvalue weighted by atomic mass is 16.5. The van der Waals surface area contributed by atoms with Crippen LogP contribution in [0.25, 0.3) is 0 Å². The van der Waals surface area contributed by atoms with Gasteiger partial charge in [-0.2, -0.15) is 4.98 Å². The molecular formula is C15H17N3O4. The Labute approximate surface area is 127 Å². The maximum Gasteiger partial charge on any atom is 0.257 e. The first-order valence-electron chi connectivity index (χ1n) is 7.48. The van der Waals surface area contributed by atoms with E-state index >= 15 is 0 Å². The van der Waals surface area contributed by atoms with Gasteiger partial charge in [-0.25, -0.2) is 0 Å². The Hall–Kier alpha value is -2.15. The van der Waals surface area contributed by atoms with Gasteiger partial charge in [-0.1, -0.05) is 5.16 Å². The third-order valence-corrected chi connectivity index (χ3v) is 4.43. The lowest BCUT2D eigenvalue weighted by molar-refractivity contribution is -0.0137. The Morgan fingerprint density at radius 1 is 1.45 bits per heavy atom. The topological polar surface area (TPSA) is 81.6 Å². The first-order chi connectivity index (χ1) is 10.7.